The molecule has 1 amide bonds. The summed E-state index contributed by atoms with van der Waals surface area (Å²) >= 11 is 5.87. The molecule has 2 aliphatic rings. The van der Waals surface area contributed by atoms with Crippen LogP contribution in [0.5, 0.6) is 5.75 Å². The van der Waals surface area contributed by atoms with Gasteiger partial charge in [-0.2, -0.15) is 0 Å². The van der Waals surface area contributed by atoms with E-state index in [2.05, 4.69) is 14.9 Å². The molecule has 3 atom stereocenters. The van der Waals surface area contributed by atoms with Crippen LogP contribution in [0.15, 0.2) is 30.6 Å². The zero-order valence-corrected chi connectivity index (χ0v) is 24.4. The molecular formula is C29H41ClFN5O6. The smallest absolute Gasteiger partial charge is 0.227 e. The Kier molecular flexibility index (Phi) is 12.1. The van der Waals surface area contributed by atoms with Crippen LogP contribution in [0.25, 0.3) is 0 Å². The largest absolute Gasteiger partial charge is 0.493 e. The summed E-state index contributed by atoms with van der Waals surface area (Å²) in [5, 5.41) is 38.8. The molecule has 0 unspecified atom stereocenters. The van der Waals surface area contributed by atoms with Crippen molar-refractivity contribution >= 4 is 23.5 Å². The fraction of sp³-hybridized carbons (Fsp3) is 0.621. The maximum atomic E-state index is 14.8. The minimum Gasteiger partial charge on any atom is -0.493 e. The second kappa shape index (κ2) is 15.7. The lowest BCUT2D eigenvalue weighted by Gasteiger charge is -2.36. The summed E-state index contributed by atoms with van der Waals surface area (Å²) in [4.78, 5) is 27.1. The molecule has 2 aromatic rings. The second-order valence-electron chi connectivity index (χ2n) is 11.0. The van der Waals surface area contributed by atoms with E-state index in [9.17, 15) is 24.5 Å². The van der Waals surface area contributed by atoms with Crippen LogP contribution in [-0.4, -0.2) is 123 Å². The van der Waals surface area contributed by atoms with Crippen LogP contribution in [0.3, 0.4) is 0 Å². The molecule has 1 aromatic heterocycles. The number of halogens is 2. The Bertz CT molecular complexity index is 1130. The fourth-order valence-electron chi connectivity index (χ4n) is 5.41. The normalized spacial score (nSPS) is 19.0. The highest BCUT2D eigenvalue weighted by atomic mass is 35.5. The quantitative estimate of drug-likeness (QED) is 0.244. The molecule has 4 rings (SSSR count). The summed E-state index contributed by atoms with van der Waals surface area (Å²) in [5.41, 5.74) is 0.308. The first-order valence-electron chi connectivity index (χ1n) is 14.5. The average Bonchev–Trinajstić information content (AvgIpc) is 3.00. The van der Waals surface area contributed by atoms with Crippen molar-refractivity contribution in [3.05, 3.63) is 47.0 Å². The number of piperidine rings is 1. The summed E-state index contributed by atoms with van der Waals surface area (Å²) in [6.07, 6.45) is 3.08. The standard InChI is InChI=1S/C29H41ClFN5O6/c30-22-16-32-29(33-17-22)36-7-5-20(6-8-36)2-1-13-42-23-4-3-21(24(31)15-23)14-27(40)35-11-9-34(10-12-35)18-25(38)28(41)26(39)19-37/h3-4,15-17,20,25-26,28,37-39,41H,1-2,5-14,18-19H2/t25-,26+,28-/m0/s1. The highest BCUT2D eigenvalue weighted by Crippen LogP contribution is 2.25. The predicted octanol–water partition coefficient (Wildman–Crippen LogP) is 1.11. The van der Waals surface area contributed by atoms with E-state index >= 15 is 0 Å². The molecule has 3 heterocycles. The van der Waals surface area contributed by atoms with Crippen molar-refractivity contribution in [3.8, 4) is 5.75 Å². The Morgan fingerprint density at radius 1 is 1.05 bits per heavy atom. The van der Waals surface area contributed by atoms with E-state index in [0.29, 0.717) is 61.0 Å². The number of β-amino-alcohol motifs (C(OH)–C–C–N with tert-alkyl or cyclic N) is 1. The molecule has 13 heteroatoms. The van der Waals surface area contributed by atoms with Gasteiger partial charge in [-0.15, -0.1) is 0 Å². The number of aliphatic hydroxyl groups is 4. The lowest BCUT2D eigenvalue weighted by molar-refractivity contribution is -0.133. The Hall–Kier alpha value is -2.61. The van der Waals surface area contributed by atoms with Crippen molar-refractivity contribution in [1.82, 2.24) is 19.8 Å². The van der Waals surface area contributed by atoms with Crippen LogP contribution in [0.4, 0.5) is 10.3 Å². The number of anilines is 1. The van der Waals surface area contributed by atoms with Crippen molar-refractivity contribution in [2.75, 3.05) is 63.9 Å². The number of rotatable bonds is 13. The van der Waals surface area contributed by atoms with Gasteiger partial charge >= 0.3 is 0 Å². The van der Waals surface area contributed by atoms with Crippen molar-refractivity contribution in [1.29, 1.82) is 0 Å². The highest BCUT2D eigenvalue weighted by Gasteiger charge is 2.28. The van der Waals surface area contributed by atoms with Crippen LogP contribution in [0, 0.1) is 11.7 Å². The minimum atomic E-state index is -1.45. The van der Waals surface area contributed by atoms with E-state index in [1.54, 1.807) is 29.4 Å². The number of ether oxygens (including phenoxy) is 1. The van der Waals surface area contributed by atoms with Gasteiger partial charge in [0.1, 0.15) is 23.8 Å². The summed E-state index contributed by atoms with van der Waals surface area (Å²) in [5.74, 6) is 1.09. The zero-order chi connectivity index (χ0) is 30.1. The number of aliphatic hydroxyl groups excluding tert-OH is 4. The van der Waals surface area contributed by atoms with Crippen LogP contribution in [0.2, 0.25) is 5.02 Å². The number of hydrogen-bond acceptors (Lipinski definition) is 10. The van der Waals surface area contributed by atoms with Gasteiger partial charge in [-0.25, -0.2) is 14.4 Å². The van der Waals surface area contributed by atoms with Crippen LogP contribution >= 0.6 is 11.6 Å². The Morgan fingerprint density at radius 2 is 1.74 bits per heavy atom. The first kappa shape index (κ1) is 32.3. The number of carbonyl (C=O) groups is 1. The van der Waals surface area contributed by atoms with Gasteiger partial charge in [0.25, 0.3) is 0 Å². The number of hydrogen-bond donors (Lipinski definition) is 4. The van der Waals surface area contributed by atoms with E-state index in [1.165, 1.54) is 6.07 Å². The molecule has 0 radical (unpaired) electrons. The third kappa shape index (κ3) is 9.19. The highest BCUT2D eigenvalue weighted by molar-refractivity contribution is 6.30. The molecule has 2 aliphatic heterocycles. The van der Waals surface area contributed by atoms with Gasteiger partial charge in [0, 0.05) is 51.9 Å². The summed E-state index contributed by atoms with van der Waals surface area (Å²) in [6, 6.07) is 4.62. The molecule has 2 saturated heterocycles. The van der Waals surface area contributed by atoms with Gasteiger partial charge < -0.3 is 35.0 Å². The molecule has 4 N–H and O–H groups in total. The van der Waals surface area contributed by atoms with E-state index in [-0.39, 0.29) is 18.9 Å². The molecule has 0 spiro atoms. The Labute approximate surface area is 250 Å². The fourth-order valence-corrected chi connectivity index (χ4v) is 5.50. The van der Waals surface area contributed by atoms with Crippen molar-refractivity contribution < 1.29 is 34.3 Å². The molecule has 1 aromatic carbocycles. The number of benzene rings is 1. The molecule has 232 valence electrons. The Morgan fingerprint density at radius 3 is 2.38 bits per heavy atom. The molecule has 42 heavy (non-hydrogen) atoms. The third-order valence-electron chi connectivity index (χ3n) is 8.04. The molecule has 0 bridgehead atoms. The molecular weight excluding hydrogens is 569 g/mol. The molecule has 0 saturated carbocycles. The van der Waals surface area contributed by atoms with E-state index in [4.69, 9.17) is 21.4 Å². The topological polar surface area (TPSA) is 143 Å². The van der Waals surface area contributed by atoms with Crippen molar-refractivity contribution in [3.63, 3.8) is 0 Å². The van der Waals surface area contributed by atoms with Crippen molar-refractivity contribution in [2.24, 2.45) is 5.92 Å². The van der Waals surface area contributed by atoms with Gasteiger partial charge in [-0.3, -0.25) is 9.69 Å². The number of amides is 1. The Balaban J connectivity index is 1.13. The SMILES string of the molecule is O=C(Cc1ccc(OCCCC2CCN(c3ncc(Cl)cn3)CC2)cc1F)N1CCN(C[C@H](O)[C@H](O)[C@H](O)CO)CC1. The lowest BCUT2D eigenvalue weighted by atomic mass is 9.92. The zero-order valence-electron chi connectivity index (χ0n) is 23.7. The van der Waals surface area contributed by atoms with E-state index in [0.717, 1.165) is 38.8 Å². The van der Waals surface area contributed by atoms with Crippen molar-refractivity contribution in [2.45, 2.75) is 50.4 Å². The van der Waals surface area contributed by atoms with Gasteiger partial charge in [0.15, 0.2) is 0 Å². The predicted molar refractivity (Wildman–Crippen MR) is 155 cm³/mol. The first-order valence-corrected chi connectivity index (χ1v) is 14.9. The average molecular weight is 610 g/mol. The number of piperazine rings is 1. The first-order chi connectivity index (χ1) is 20.2. The maximum Gasteiger partial charge on any atom is 0.227 e. The summed E-state index contributed by atoms with van der Waals surface area (Å²) < 4.78 is 20.6. The van der Waals surface area contributed by atoms with Gasteiger partial charge in [-0.1, -0.05) is 17.7 Å². The van der Waals surface area contributed by atoms with E-state index in [1.807, 2.05) is 4.90 Å². The maximum absolute atomic E-state index is 14.8. The molecule has 11 nitrogen and oxygen atoms in total. The molecule has 0 aliphatic carbocycles. The monoisotopic (exact) mass is 609 g/mol. The lowest BCUT2D eigenvalue weighted by Crippen LogP contribution is -2.53. The number of aromatic nitrogens is 2. The van der Waals surface area contributed by atoms with Gasteiger partial charge in [0.05, 0.1) is 43.2 Å². The van der Waals surface area contributed by atoms with Crippen LogP contribution < -0.4 is 9.64 Å². The summed E-state index contributed by atoms with van der Waals surface area (Å²) in [7, 11) is 0. The minimum absolute atomic E-state index is 0.0596. The van der Waals surface area contributed by atoms with Gasteiger partial charge in [0.2, 0.25) is 11.9 Å². The number of carbonyl (C=O) groups excluding carboxylic acids is 1. The van der Waals surface area contributed by atoms with Crippen LogP contribution in [-0.2, 0) is 11.2 Å². The number of nitrogens with zero attached hydrogens (tertiary/aromatic N) is 5. The summed E-state index contributed by atoms with van der Waals surface area (Å²) in [6.45, 7) is 3.50. The van der Waals surface area contributed by atoms with E-state index < -0.39 is 30.7 Å². The second-order valence-corrected chi connectivity index (χ2v) is 11.5. The third-order valence-corrected chi connectivity index (χ3v) is 8.24. The van der Waals surface area contributed by atoms with Crippen LogP contribution in [0.1, 0.15) is 31.2 Å². The molecule has 2 fully saturated rings. The van der Waals surface area contributed by atoms with Gasteiger partial charge in [-0.05, 0) is 43.2 Å².